The van der Waals surface area contributed by atoms with E-state index < -0.39 is 0 Å². The lowest BCUT2D eigenvalue weighted by molar-refractivity contribution is 0.564. The van der Waals surface area contributed by atoms with Crippen LogP contribution >= 0.6 is 12.2 Å². The van der Waals surface area contributed by atoms with Gasteiger partial charge < -0.3 is 14.8 Å². The number of thiocarbonyl (C=S) groups is 1. The minimum absolute atomic E-state index is 0.142. The van der Waals surface area contributed by atoms with Gasteiger partial charge in [0.25, 0.3) is 0 Å². The molecular formula is C29H29FN4S. The summed E-state index contributed by atoms with van der Waals surface area (Å²) in [4.78, 5) is 6.76. The zero-order chi connectivity index (χ0) is 24.7. The lowest BCUT2D eigenvalue weighted by atomic mass is 9.96. The first-order valence-corrected chi connectivity index (χ1v) is 12.3. The number of nitrogens with one attached hydrogen (secondary N) is 1. The van der Waals surface area contributed by atoms with E-state index in [1.807, 2.05) is 24.3 Å². The Morgan fingerprint density at radius 2 is 1.71 bits per heavy atom. The van der Waals surface area contributed by atoms with Crippen LogP contribution in [-0.2, 0) is 6.42 Å². The molecule has 3 heterocycles. The molecular weight excluding hydrogens is 455 g/mol. The van der Waals surface area contributed by atoms with Crippen LogP contribution in [0.15, 0.2) is 72.9 Å². The molecule has 1 saturated heterocycles. The van der Waals surface area contributed by atoms with E-state index >= 15 is 0 Å². The van der Waals surface area contributed by atoms with Gasteiger partial charge in [0.05, 0.1) is 17.8 Å². The van der Waals surface area contributed by atoms with E-state index in [-0.39, 0.29) is 17.9 Å². The molecule has 1 aliphatic heterocycles. The molecule has 2 aromatic carbocycles. The molecule has 178 valence electrons. The highest BCUT2D eigenvalue weighted by Crippen LogP contribution is 2.44. The van der Waals surface area contributed by atoms with Crippen LogP contribution in [0.3, 0.4) is 0 Å². The fourth-order valence-corrected chi connectivity index (χ4v) is 5.44. The molecule has 35 heavy (non-hydrogen) atoms. The van der Waals surface area contributed by atoms with Crippen LogP contribution in [0, 0.1) is 26.6 Å². The van der Waals surface area contributed by atoms with Gasteiger partial charge in [-0.05, 0) is 105 Å². The molecule has 6 heteroatoms. The highest BCUT2D eigenvalue weighted by Gasteiger charge is 2.42. The Balaban J connectivity index is 1.66. The summed E-state index contributed by atoms with van der Waals surface area (Å²) in [7, 11) is 0. The summed E-state index contributed by atoms with van der Waals surface area (Å²) in [5, 5.41) is 4.11. The van der Waals surface area contributed by atoms with E-state index in [1.165, 1.54) is 11.6 Å². The molecule has 4 nitrogen and oxygen atoms in total. The lowest BCUT2D eigenvalue weighted by Crippen LogP contribution is -2.29. The third-order valence-corrected chi connectivity index (χ3v) is 7.22. The van der Waals surface area contributed by atoms with Gasteiger partial charge in [-0.1, -0.05) is 25.1 Å². The van der Waals surface area contributed by atoms with Crippen LogP contribution in [0.1, 0.15) is 52.8 Å². The van der Waals surface area contributed by atoms with Crippen molar-refractivity contribution in [2.75, 3.05) is 4.90 Å². The van der Waals surface area contributed by atoms with Crippen LogP contribution in [0.4, 0.5) is 10.1 Å². The molecule has 0 bridgehead atoms. The van der Waals surface area contributed by atoms with Crippen molar-refractivity contribution in [3.63, 3.8) is 0 Å². The summed E-state index contributed by atoms with van der Waals surface area (Å²) in [5.74, 6) is -0.224. The first-order valence-electron chi connectivity index (χ1n) is 11.9. The minimum atomic E-state index is -0.224. The Kier molecular flexibility index (Phi) is 6.15. The third-order valence-electron chi connectivity index (χ3n) is 6.91. The van der Waals surface area contributed by atoms with Crippen molar-refractivity contribution in [3.8, 4) is 5.69 Å². The average molecular weight is 485 g/mol. The number of rotatable bonds is 5. The van der Waals surface area contributed by atoms with Gasteiger partial charge in [0.1, 0.15) is 5.82 Å². The van der Waals surface area contributed by atoms with Crippen molar-refractivity contribution in [1.29, 1.82) is 0 Å². The zero-order valence-electron chi connectivity index (χ0n) is 20.4. The minimum Gasteiger partial charge on any atom is -0.351 e. The first-order chi connectivity index (χ1) is 16.9. The van der Waals surface area contributed by atoms with Crippen molar-refractivity contribution in [3.05, 3.63) is 113 Å². The fourth-order valence-electron chi connectivity index (χ4n) is 5.09. The summed E-state index contributed by atoms with van der Waals surface area (Å²) in [6.45, 7) is 8.23. The number of benzene rings is 2. The number of nitrogens with zero attached hydrogens (tertiary/aromatic N) is 3. The molecule has 0 radical (unpaired) electrons. The highest BCUT2D eigenvalue weighted by molar-refractivity contribution is 7.80. The molecule has 1 aliphatic rings. The van der Waals surface area contributed by atoms with Crippen LogP contribution < -0.4 is 10.2 Å². The number of halogens is 1. The van der Waals surface area contributed by atoms with Gasteiger partial charge in [0.2, 0.25) is 0 Å². The average Bonchev–Trinajstić information content (AvgIpc) is 3.36. The maximum absolute atomic E-state index is 14.1. The number of pyridine rings is 1. The Morgan fingerprint density at radius 1 is 0.971 bits per heavy atom. The lowest BCUT2D eigenvalue weighted by Gasteiger charge is -2.28. The summed E-state index contributed by atoms with van der Waals surface area (Å²) < 4.78 is 16.4. The predicted octanol–water partition coefficient (Wildman–Crippen LogP) is 6.68. The maximum Gasteiger partial charge on any atom is 0.174 e. The van der Waals surface area contributed by atoms with Crippen LogP contribution in [0.25, 0.3) is 5.69 Å². The Hall–Kier alpha value is -3.51. The van der Waals surface area contributed by atoms with Crippen molar-refractivity contribution in [1.82, 2.24) is 14.9 Å². The molecule has 0 aliphatic carbocycles. The second-order valence-electron chi connectivity index (χ2n) is 9.11. The molecule has 0 unspecified atom stereocenters. The molecule has 0 spiro atoms. The summed E-state index contributed by atoms with van der Waals surface area (Å²) in [5.41, 5.74) is 8.27. The van der Waals surface area contributed by atoms with E-state index in [2.05, 4.69) is 70.9 Å². The van der Waals surface area contributed by atoms with E-state index in [4.69, 9.17) is 12.2 Å². The summed E-state index contributed by atoms with van der Waals surface area (Å²) >= 11 is 5.84. The molecule has 0 saturated carbocycles. The van der Waals surface area contributed by atoms with Crippen LogP contribution in [0.5, 0.6) is 0 Å². The molecule has 2 aromatic heterocycles. The largest absolute Gasteiger partial charge is 0.351 e. The predicted molar refractivity (Wildman–Crippen MR) is 144 cm³/mol. The zero-order valence-corrected chi connectivity index (χ0v) is 21.2. The molecule has 5 rings (SSSR count). The van der Waals surface area contributed by atoms with Gasteiger partial charge >= 0.3 is 0 Å². The highest BCUT2D eigenvalue weighted by atomic mass is 32.1. The summed E-state index contributed by atoms with van der Waals surface area (Å²) in [6, 6.07) is 21.8. The number of hydrogen-bond donors (Lipinski definition) is 1. The van der Waals surface area contributed by atoms with Gasteiger partial charge in [-0.3, -0.25) is 4.98 Å². The van der Waals surface area contributed by atoms with Gasteiger partial charge in [0.15, 0.2) is 5.11 Å². The van der Waals surface area contributed by atoms with Gasteiger partial charge in [0, 0.05) is 29.0 Å². The quantitative estimate of drug-likeness (QED) is 0.321. The maximum atomic E-state index is 14.1. The SMILES string of the molecule is CCc1ccc(-n2c(C)cc([C@@H]3[C@H](c4ccccn4)NC(=S)N3c3ccc(F)c(C)c3)c2C)cc1. The molecule has 4 aromatic rings. The molecule has 0 amide bonds. The third kappa shape index (κ3) is 4.12. The van der Waals surface area contributed by atoms with Crippen molar-refractivity contribution < 1.29 is 4.39 Å². The Bertz CT molecular complexity index is 1380. The van der Waals surface area contributed by atoms with Crippen LogP contribution in [0.2, 0.25) is 0 Å². The number of aryl methyl sites for hydroxylation is 3. The van der Waals surface area contributed by atoms with E-state index in [0.717, 1.165) is 40.4 Å². The molecule has 1 fully saturated rings. The Morgan fingerprint density at radius 3 is 2.37 bits per heavy atom. The topological polar surface area (TPSA) is 33.1 Å². The number of hydrogen-bond acceptors (Lipinski definition) is 2. The molecule has 1 N–H and O–H groups in total. The normalized spacial score (nSPS) is 17.6. The van der Waals surface area contributed by atoms with E-state index in [0.29, 0.717) is 10.7 Å². The number of aromatic nitrogens is 2. The van der Waals surface area contributed by atoms with Crippen LogP contribution in [-0.4, -0.2) is 14.7 Å². The smallest absolute Gasteiger partial charge is 0.174 e. The summed E-state index contributed by atoms with van der Waals surface area (Å²) in [6.07, 6.45) is 2.82. The van der Waals surface area contributed by atoms with Gasteiger partial charge in [-0.25, -0.2) is 4.39 Å². The molecule has 2 atom stereocenters. The number of anilines is 1. The van der Waals surface area contributed by atoms with Gasteiger partial charge in [-0.15, -0.1) is 0 Å². The second kappa shape index (κ2) is 9.27. The van der Waals surface area contributed by atoms with Crippen molar-refractivity contribution in [2.24, 2.45) is 0 Å². The fraction of sp³-hybridized carbons (Fsp3) is 0.241. The Labute approximate surface area is 211 Å². The first kappa shape index (κ1) is 23.2. The van der Waals surface area contributed by atoms with Gasteiger partial charge in [-0.2, -0.15) is 0 Å². The van der Waals surface area contributed by atoms with E-state index in [1.54, 1.807) is 19.2 Å². The standard InChI is InChI=1S/C29H29FN4S/c1-5-21-9-11-22(12-10-21)33-19(3)17-24(20(33)4)28-27(26-8-6-7-15-31-26)32-29(35)34(28)23-13-14-25(30)18(2)16-23/h6-17,27-28H,5H2,1-4H3,(H,32,35)/t27-,28+/m0/s1. The van der Waals surface area contributed by atoms with Crippen molar-refractivity contribution in [2.45, 2.75) is 46.2 Å². The monoisotopic (exact) mass is 484 g/mol. The second-order valence-corrected chi connectivity index (χ2v) is 9.50. The van der Waals surface area contributed by atoms with E-state index in [9.17, 15) is 4.39 Å². The van der Waals surface area contributed by atoms with Crippen molar-refractivity contribution >= 4 is 23.0 Å².